The Balaban J connectivity index is 0.864. The minimum absolute atomic E-state index is 0.0154. The average Bonchev–Trinajstić information content (AvgIpc) is 1.99. The predicted octanol–water partition coefficient (Wildman–Crippen LogP) is -4.16. The van der Waals surface area contributed by atoms with Gasteiger partial charge >= 0.3 is 0 Å². The van der Waals surface area contributed by atoms with Crippen LogP contribution in [0.3, 0.4) is 0 Å². The van der Waals surface area contributed by atoms with Gasteiger partial charge in [-0.25, -0.2) is 0 Å². The zero-order valence-electron chi connectivity index (χ0n) is 48.5. The fourth-order valence-corrected chi connectivity index (χ4v) is 16.9. The second-order valence-electron chi connectivity index (χ2n) is 26.7. The van der Waals surface area contributed by atoms with Crippen molar-refractivity contribution < 1.29 is 134 Å². The number of aliphatic hydroxyl groups is 16. The van der Waals surface area contributed by atoms with E-state index >= 15 is 0 Å². The van der Waals surface area contributed by atoms with E-state index in [1.807, 2.05) is 6.92 Å². The van der Waals surface area contributed by atoms with Crippen molar-refractivity contribution in [1.82, 2.24) is 0 Å². The van der Waals surface area contributed by atoms with E-state index in [2.05, 4.69) is 20.4 Å². The Morgan fingerprint density at radius 1 is 0.524 bits per heavy atom. The topological polar surface area (TPSA) is 425 Å². The maximum atomic E-state index is 12.3. The van der Waals surface area contributed by atoms with E-state index < -0.39 is 190 Å². The molecule has 0 spiro atoms. The number of rotatable bonds is 16. The third-order valence-corrected chi connectivity index (χ3v) is 21.9. The van der Waals surface area contributed by atoms with Crippen molar-refractivity contribution in [3.05, 3.63) is 12.2 Å². The Kier molecular flexibility index (Phi) is 19.8. The van der Waals surface area contributed by atoms with Gasteiger partial charge < -0.3 is 134 Å². The van der Waals surface area contributed by atoms with Crippen LogP contribution in [0.5, 0.6) is 0 Å². The van der Waals surface area contributed by atoms with Gasteiger partial charge in [0, 0.05) is 18.8 Å². The highest BCUT2D eigenvalue weighted by Gasteiger charge is 2.70. The van der Waals surface area contributed by atoms with Crippen molar-refractivity contribution in [3.63, 3.8) is 0 Å². The number of hydrogen-bond acceptors (Lipinski definition) is 27. The molecule has 6 saturated heterocycles. The smallest absolute Gasteiger partial charge is 0.187 e. The molecule has 4 aliphatic carbocycles. The third-order valence-electron chi connectivity index (χ3n) is 21.9. The van der Waals surface area contributed by atoms with Crippen molar-refractivity contribution in [2.45, 2.75) is 277 Å². The maximum Gasteiger partial charge on any atom is 0.187 e. The second-order valence-corrected chi connectivity index (χ2v) is 26.7. The molecule has 0 radical (unpaired) electrons. The van der Waals surface area contributed by atoms with Gasteiger partial charge in [0.05, 0.1) is 56.4 Å². The Morgan fingerprint density at radius 3 is 1.69 bits per heavy atom. The van der Waals surface area contributed by atoms with E-state index in [4.69, 9.17) is 52.1 Å². The standard InChI is InChI=1S/C57H94O27/c1-20(19-74-50-44(69)40(65)37(62)31(17-58)79-50)10-13-57(73)21(2)34-30(84-57)16-29-27-9-8-25-14-26(78-51-47(72)43(68)48(24(5)77-51)82-53-46(71)41(66)38(63)32(18-59)80-53)15-33(56(25,7)28(27)11-12-55(29,34)6)81-54-49(42(67)36(61)23(4)76-54)83-52-45(70)39(64)35(60)22(3)75-52/h21-54,58-73H,1,8-19H2,2-7H3/t21-,22-,23-,24-,25-,26-,27-,28+,29+,30+,31-,32-,33-,34+,35+,36-,37-,38-,39+,40+,41+,42+,43-,44-,45-,46+,47-,48+,49-,50-,51-,52+,53+,54-,55+,56+,57-/m1/s1. The minimum atomic E-state index is -1.79. The summed E-state index contributed by atoms with van der Waals surface area (Å²) >= 11 is 0. The quantitative estimate of drug-likeness (QED) is 0.0515. The summed E-state index contributed by atoms with van der Waals surface area (Å²) in [5.74, 6) is -1.58. The van der Waals surface area contributed by atoms with Gasteiger partial charge in [0.15, 0.2) is 37.2 Å². The molecule has 37 atom stereocenters. The molecule has 4 saturated carbocycles. The number of aliphatic hydroxyl groups excluding tert-OH is 15. The molecule has 484 valence electrons. The SMILES string of the molecule is C=C(CC[C@@]1(O)O[C@H]2C[C@H]3[C@@H]4CC[C@@H]5C[C@@H](O[C@H]6O[C@H](C)[C@H](O[C@@H]7O[C@H](CO)[C@@H](O)[C@H](O)[C@@H]7O)[C@H](O)[C@H]6O)C[C@@H](O[C@H]6O[C@H](C)[C@@H](O)[C@H](O)[C@H]6O[C@@H]6O[C@H](C)[C@H](O)[C@H](O)[C@H]6O)[C@]5(C)[C@H]4CC[C@]3(C)[C@H]2[C@H]1C)CO[C@@H]1O[C@H](CO)[C@@H](O)[C@H](O)[C@H]1O. The third kappa shape index (κ3) is 11.6. The molecule has 27 nitrogen and oxygen atoms in total. The normalized spacial score (nSPS) is 56.7. The van der Waals surface area contributed by atoms with Crippen molar-refractivity contribution in [2.24, 2.45) is 46.3 Å². The Bertz CT molecular complexity index is 2220. The maximum absolute atomic E-state index is 12.3. The highest BCUT2D eigenvalue weighted by Crippen LogP contribution is 2.71. The zero-order valence-corrected chi connectivity index (χ0v) is 48.5. The summed E-state index contributed by atoms with van der Waals surface area (Å²) < 4.78 is 67.8. The molecular formula is C57H94O27. The first kappa shape index (κ1) is 65.6. The molecule has 0 unspecified atom stereocenters. The van der Waals surface area contributed by atoms with E-state index in [1.165, 1.54) is 6.92 Å². The van der Waals surface area contributed by atoms with Crippen LogP contribution in [-0.4, -0.2) is 279 Å². The van der Waals surface area contributed by atoms with Gasteiger partial charge in [0.1, 0.15) is 104 Å². The summed E-state index contributed by atoms with van der Waals surface area (Å²) in [5.41, 5.74) is -0.344. The molecule has 10 aliphatic rings. The molecule has 84 heavy (non-hydrogen) atoms. The van der Waals surface area contributed by atoms with Crippen LogP contribution in [0.25, 0.3) is 0 Å². The molecule has 10 rings (SSSR count). The molecule has 0 aromatic heterocycles. The molecule has 27 heteroatoms. The van der Waals surface area contributed by atoms with E-state index in [-0.39, 0.29) is 66.5 Å². The summed E-state index contributed by atoms with van der Waals surface area (Å²) in [6.45, 7) is 13.8. The van der Waals surface area contributed by atoms with Crippen molar-refractivity contribution >= 4 is 0 Å². The lowest BCUT2D eigenvalue weighted by atomic mass is 9.43. The van der Waals surface area contributed by atoms with Gasteiger partial charge in [0.2, 0.25) is 0 Å². The lowest BCUT2D eigenvalue weighted by molar-refractivity contribution is -0.379. The molecule has 6 heterocycles. The molecule has 16 N–H and O–H groups in total. The van der Waals surface area contributed by atoms with Gasteiger partial charge in [-0.3, -0.25) is 0 Å². The van der Waals surface area contributed by atoms with Crippen LogP contribution >= 0.6 is 0 Å². The number of ether oxygens (including phenoxy) is 11. The Morgan fingerprint density at radius 2 is 1.05 bits per heavy atom. The predicted molar refractivity (Wildman–Crippen MR) is 281 cm³/mol. The van der Waals surface area contributed by atoms with Crippen LogP contribution < -0.4 is 0 Å². The van der Waals surface area contributed by atoms with Gasteiger partial charge in [-0.05, 0) is 106 Å². The van der Waals surface area contributed by atoms with Crippen LogP contribution in [0.4, 0.5) is 0 Å². The zero-order chi connectivity index (χ0) is 61.0. The molecule has 0 aromatic rings. The van der Waals surface area contributed by atoms with E-state index in [0.29, 0.717) is 31.3 Å². The fourth-order valence-electron chi connectivity index (χ4n) is 16.9. The summed E-state index contributed by atoms with van der Waals surface area (Å²) in [6.07, 6.45) is -34.0. The van der Waals surface area contributed by atoms with Gasteiger partial charge in [-0.1, -0.05) is 32.9 Å². The lowest BCUT2D eigenvalue weighted by Gasteiger charge is -2.63. The minimum Gasteiger partial charge on any atom is -0.394 e. The van der Waals surface area contributed by atoms with Crippen LogP contribution in [0.15, 0.2) is 12.2 Å². The molecule has 0 bridgehead atoms. The van der Waals surface area contributed by atoms with Crippen LogP contribution in [0, 0.1) is 46.3 Å². The van der Waals surface area contributed by atoms with E-state index in [9.17, 15) is 81.7 Å². The highest BCUT2D eigenvalue weighted by molar-refractivity contribution is 5.17. The summed E-state index contributed by atoms with van der Waals surface area (Å²) in [4.78, 5) is 0. The first-order chi connectivity index (χ1) is 39.6. The van der Waals surface area contributed by atoms with Crippen LogP contribution in [0.2, 0.25) is 0 Å². The van der Waals surface area contributed by atoms with Crippen molar-refractivity contribution in [1.29, 1.82) is 0 Å². The van der Waals surface area contributed by atoms with Crippen molar-refractivity contribution in [2.75, 3.05) is 19.8 Å². The summed E-state index contributed by atoms with van der Waals surface area (Å²) in [5, 5.41) is 173. The largest absolute Gasteiger partial charge is 0.394 e. The molecular weight excluding hydrogens is 1120 g/mol. The first-order valence-electron chi connectivity index (χ1n) is 30.2. The van der Waals surface area contributed by atoms with E-state index in [1.54, 1.807) is 13.8 Å². The number of hydrogen-bond donors (Lipinski definition) is 16. The van der Waals surface area contributed by atoms with Crippen LogP contribution in [-0.2, 0) is 52.1 Å². The Labute approximate surface area is 487 Å². The molecule has 6 aliphatic heterocycles. The summed E-state index contributed by atoms with van der Waals surface area (Å²) in [7, 11) is 0. The van der Waals surface area contributed by atoms with Crippen LogP contribution in [0.1, 0.15) is 99.3 Å². The van der Waals surface area contributed by atoms with Crippen molar-refractivity contribution in [3.8, 4) is 0 Å². The molecule has 0 amide bonds. The highest BCUT2D eigenvalue weighted by atomic mass is 16.8. The Hall–Kier alpha value is -1.34. The first-order valence-corrected chi connectivity index (χ1v) is 30.2. The van der Waals surface area contributed by atoms with Gasteiger partial charge in [-0.15, -0.1) is 0 Å². The number of fused-ring (bicyclic) bond motifs is 7. The van der Waals surface area contributed by atoms with Gasteiger partial charge in [-0.2, -0.15) is 0 Å². The second kappa shape index (κ2) is 25.4. The molecule has 10 fully saturated rings. The fraction of sp³-hybridized carbons (Fsp3) is 0.965. The lowest BCUT2D eigenvalue weighted by Crippen LogP contribution is -2.66. The van der Waals surface area contributed by atoms with Gasteiger partial charge in [0.25, 0.3) is 0 Å². The molecule has 0 aromatic carbocycles. The van der Waals surface area contributed by atoms with E-state index in [0.717, 1.165) is 19.3 Å². The summed E-state index contributed by atoms with van der Waals surface area (Å²) in [6, 6.07) is 0. The average molecular weight is 1210 g/mol. The monoisotopic (exact) mass is 1210 g/mol.